The van der Waals surface area contributed by atoms with Crippen molar-refractivity contribution in [2.75, 3.05) is 10.6 Å². The predicted molar refractivity (Wildman–Crippen MR) is 122 cm³/mol. The van der Waals surface area contributed by atoms with Crippen LogP contribution in [0.15, 0.2) is 83.6 Å². The summed E-state index contributed by atoms with van der Waals surface area (Å²) in [6.45, 7) is 0. The second-order valence-electron chi connectivity index (χ2n) is 7.20. The normalized spacial score (nSPS) is 12.2. The van der Waals surface area contributed by atoms with Gasteiger partial charge in [-0.25, -0.2) is 0 Å². The number of allylic oxidation sites excluding steroid dienone is 2. The summed E-state index contributed by atoms with van der Waals surface area (Å²) < 4.78 is 12.1. The van der Waals surface area contributed by atoms with Crippen LogP contribution in [0, 0.1) is 45.3 Å². The fourth-order valence-corrected chi connectivity index (χ4v) is 3.87. The maximum absolute atomic E-state index is 9.39. The number of nitrogens with one attached hydrogen (secondary N) is 2. The Balaban J connectivity index is 1.90. The number of nitrogens with zero attached hydrogens (tertiary/aromatic N) is 4. The minimum atomic E-state index is -0.227. The summed E-state index contributed by atoms with van der Waals surface area (Å²) in [5.41, 5.74) is 3.34. The highest BCUT2D eigenvalue weighted by atomic mass is 16.5. The Bertz CT molecular complexity index is 1420. The molecule has 5 rings (SSSR count). The number of rotatable bonds is 2. The van der Waals surface area contributed by atoms with Crippen LogP contribution in [0.3, 0.4) is 0 Å². The van der Waals surface area contributed by atoms with Crippen LogP contribution < -0.4 is 20.1 Å². The third-order valence-electron chi connectivity index (χ3n) is 5.32. The van der Waals surface area contributed by atoms with Gasteiger partial charge in [-0.1, -0.05) is 60.7 Å². The average Bonchev–Trinajstić information content (AvgIpc) is 3.51. The summed E-state index contributed by atoms with van der Waals surface area (Å²) in [5.74, 6) is 0.749. The molecule has 3 aromatic rings. The molecule has 0 aliphatic carbocycles. The van der Waals surface area contributed by atoms with Crippen molar-refractivity contribution in [2.45, 2.75) is 0 Å². The molecule has 0 atom stereocenters. The lowest BCUT2D eigenvalue weighted by Gasteiger charge is -2.17. The summed E-state index contributed by atoms with van der Waals surface area (Å²) in [6.07, 6.45) is 0. The molecule has 2 heterocycles. The molecule has 0 unspecified atom stereocenters. The van der Waals surface area contributed by atoms with E-state index in [9.17, 15) is 21.0 Å². The molecule has 8 nitrogen and oxygen atoms in total. The maximum atomic E-state index is 9.39. The van der Waals surface area contributed by atoms with Crippen LogP contribution in [-0.2, 0) is 0 Å². The Labute approximate surface area is 194 Å². The van der Waals surface area contributed by atoms with Crippen molar-refractivity contribution in [1.82, 2.24) is 0 Å². The Morgan fingerprint density at radius 2 is 0.912 bits per heavy atom. The lowest BCUT2D eigenvalue weighted by atomic mass is 9.91. The van der Waals surface area contributed by atoms with Gasteiger partial charge < -0.3 is 20.1 Å². The lowest BCUT2D eigenvalue weighted by Crippen LogP contribution is -2.03. The van der Waals surface area contributed by atoms with Crippen LogP contribution in [0.1, 0.15) is 0 Å². The van der Waals surface area contributed by atoms with E-state index in [-0.39, 0.29) is 22.9 Å². The van der Waals surface area contributed by atoms with Gasteiger partial charge in [-0.3, -0.25) is 0 Å². The summed E-state index contributed by atoms with van der Waals surface area (Å²) in [5, 5.41) is 43.6. The molecule has 0 bridgehead atoms. The van der Waals surface area contributed by atoms with Crippen molar-refractivity contribution in [3.05, 3.63) is 83.6 Å². The van der Waals surface area contributed by atoms with Crippen molar-refractivity contribution < 1.29 is 9.47 Å². The zero-order valence-electron chi connectivity index (χ0n) is 17.4. The van der Waals surface area contributed by atoms with Gasteiger partial charge in [-0.05, 0) is 11.1 Å². The third-order valence-corrected chi connectivity index (χ3v) is 5.32. The minimum Gasteiger partial charge on any atom is -0.436 e. The molecule has 8 heteroatoms. The smallest absolute Gasteiger partial charge is 0.226 e. The maximum Gasteiger partial charge on any atom is 0.226 e. The molecule has 0 spiro atoms. The Hall–Kier alpha value is -5.70. The van der Waals surface area contributed by atoms with E-state index < -0.39 is 0 Å². The fraction of sp³-hybridized carbons (Fsp3) is 0. The van der Waals surface area contributed by atoms with Gasteiger partial charge in [-0.15, -0.1) is 0 Å². The third kappa shape index (κ3) is 3.05. The summed E-state index contributed by atoms with van der Waals surface area (Å²) in [7, 11) is 0. The lowest BCUT2D eigenvalue weighted by molar-refractivity contribution is 0.450. The van der Waals surface area contributed by atoms with Crippen LogP contribution in [0.5, 0.6) is 11.5 Å². The van der Waals surface area contributed by atoms with E-state index in [1.807, 2.05) is 84.9 Å². The molecular weight excluding hydrogens is 428 g/mol. The fourth-order valence-electron chi connectivity index (χ4n) is 3.87. The van der Waals surface area contributed by atoms with E-state index in [2.05, 4.69) is 10.6 Å². The molecule has 2 N–H and O–H groups in total. The van der Waals surface area contributed by atoms with Gasteiger partial charge >= 0.3 is 0 Å². The molecule has 0 amide bonds. The SMILES string of the molecule is N#CC(C#N)=C1Nc2c3c(c(-c4ccccc4)c(-c4ccccc4)c2O1)OC(=C(C#N)C#N)N3. The highest BCUT2D eigenvalue weighted by molar-refractivity contribution is 6.05. The molecule has 0 aromatic heterocycles. The molecule has 2 aliphatic rings. The zero-order valence-corrected chi connectivity index (χ0v) is 17.4. The number of hydrogen-bond acceptors (Lipinski definition) is 8. The first kappa shape index (κ1) is 20.2. The van der Waals surface area contributed by atoms with Crippen LogP contribution in [0.2, 0.25) is 0 Å². The van der Waals surface area contributed by atoms with Crippen molar-refractivity contribution in [3.8, 4) is 58.0 Å². The summed E-state index contributed by atoms with van der Waals surface area (Å²) in [6, 6.07) is 26.3. The average molecular weight is 440 g/mol. The van der Waals surface area contributed by atoms with Gasteiger partial charge in [0.1, 0.15) is 35.7 Å². The molecule has 158 valence electrons. The second kappa shape index (κ2) is 8.09. The van der Waals surface area contributed by atoms with Gasteiger partial charge in [0.25, 0.3) is 0 Å². The van der Waals surface area contributed by atoms with Crippen LogP contribution in [0.25, 0.3) is 22.3 Å². The van der Waals surface area contributed by atoms with E-state index >= 15 is 0 Å². The van der Waals surface area contributed by atoms with Crippen LogP contribution in [0.4, 0.5) is 11.4 Å². The van der Waals surface area contributed by atoms with Gasteiger partial charge in [0.2, 0.25) is 11.8 Å². The predicted octanol–water partition coefficient (Wildman–Crippen LogP) is 5.15. The standard InChI is InChI=1S/C26H12N6O2/c27-11-17(12-28)25-31-21-22-24(34-26(32-22)18(13-29)14-30)20(16-9-5-2-6-10-16)19(23(21)33-25)15-7-3-1-4-8-15/h1-10,31-32H. The zero-order chi connectivity index (χ0) is 23.7. The van der Waals surface area contributed by atoms with Crippen molar-refractivity contribution in [2.24, 2.45) is 0 Å². The summed E-state index contributed by atoms with van der Waals surface area (Å²) in [4.78, 5) is 0. The molecule has 0 saturated heterocycles. The molecule has 2 aliphatic heterocycles. The van der Waals surface area contributed by atoms with Gasteiger partial charge in [0.15, 0.2) is 22.6 Å². The Kier molecular flexibility index (Phi) is 4.81. The first-order valence-electron chi connectivity index (χ1n) is 10.0. The molecule has 3 aromatic carbocycles. The number of fused-ring (bicyclic) bond motifs is 3. The summed E-state index contributed by atoms with van der Waals surface area (Å²) >= 11 is 0. The first-order chi connectivity index (χ1) is 16.7. The number of benzene rings is 3. The highest BCUT2D eigenvalue weighted by Gasteiger charge is 2.38. The number of nitriles is 4. The Morgan fingerprint density at radius 1 is 0.559 bits per heavy atom. The first-order valence-corrected chi connectivity index (χ1v) is 10.0. The van der Waals surface area contributed by atoms with Gasteiger partial charge in [0, 0.05) is 11.1 Å². The molecule has 0 fully saturated rings. The monoisotopic (exact) mass is 440 g/mol. The van der Waals surface area contributed by atoms with Crippen LogP contribution in [-0.4, -0.2) is 0 Å². The highest BCUT2D eigenvalue weighted by Crippen LogP contribution is 2.59. The minimum absolute atomic E-state index is 0.00962. The number of ether oxygens (including phenoxy) is 2. The van der Waals surface area contributed by atoms with Crippen molar-refractivity contribution >= 4 is 11.4 Å². The molecule has 34 heavy (non-hydrogen) atoms. The topological polar surface area (TPSA) is 138 Å². The second-order valence-corrected chi connectivity index (χ2v) is 7.20. The number of anilines is 2. The molecule has 0 saturated carbocycles. The Morgan fingerprint density at radius 3 is 1.24 bits per heavy atom. The van der Waals surface area contributed by atoms with Gasteiger partial charge in [-0.2, -0.15) is 21.0 Å². The van der Waals surface area contributed by atoms with Crippen LogP contribution >= 0.6 is 0 Å². The quantitative estimate of drug-likeness (QED) is 0.522. The van der Waals surface area contributed by atoms with E-state index in [0.29, 0.717) is 34.0 Å². The van der Waals surface area contributed by atoms with Crippen molar-refractivity contribution in [1.29, 1.82) is 21.0 Å². The van der Waals surface area contributed by atoms with Gasteiger partial charge in [0.05, 0.1) is 0 Å². The van der Waals surface area contributed by atoms with E-state index in [1.54, 1.807) is 0 Å². The molecular formula is C26H12N6O2. The van der Waals surface area contributed by atoms with E-state index in [1.165, 1.54) is 0 Å². The van der Waals surface area contributed by atoms with E-state index in [0.717, 1.165) is 11.1 Å². The van der Waals surface area contributed by atoms with E-state index in [4.69, 9.17) is 9.47 Å². The number of hydrogen-bond donors (Lipinski definition) is 2. The van der Waals surface area contributed by atoms with Crippen molar-refractivity contribution in [3.63, 3.8) is 0 Å². The largest absolute Gasteiger partial charge is 0.436 e. The molecule has 0 radical (unpaired) electrons.